The number of nitrogens with zero attached hydrogens (tertiary/aromatic N) is 1. The molecule has 0 unspecified atom stereocenters. The topological polar surface area (TPSA) is 87.6 Å². The number of nitrogens with one attached hydrogen (secondary N) is 2. The summed E-state index contributed by atoms with van der Waals surface area (Å²) in [7, 11) is -2.93. The molecule has 0 aliphatic carbocycles. The molecule has 4 rings (SSSR count). The van der Waals surface area contributed by atoms with Crippen LogP contribution in [0.3, 0.4) is 0 Å². The number of hydrogen-bond acceptors (Lipinski definition) is 7. The van der Waals surface area contributed by atoms with Crippen molar-refractivity contribution in [1.82, 2.24) is 5.32 Å². The Hall–Kier alpha value is -1.84. The van der Waals surface area contributed by atoms with Crippen LogP contribution in [0, 0.1) is 6.92 Å². The van der Waals surface area contributed by atoms with E-state index in [1.165, 1.54) is 22.2 Å². The maximum absolute atomic E-state index is 12.2. The molecule has 1 amide bonds. The van der Waals surface area contributed by atoms with Gasteiger partial charge in [-0.15, -0.1) is 11.3 Å². The molecular weight excluding hydrogens is 426 g/mol. The molecule has 3 heterocycles. The third-order valence-corrected chi connectivity index (χ3v) is 9.25. The second kappa shape index (κ2) is 8.49. The number of hydrogen-bond donors (Lipinski definition) is 2. The number of aliphatic imine (C=N–C) groups is 1. The van der Waals surface area contributed by atoms with Crippen molar-refractivity contribution < 1.29 is 13.2 Å². The number of sulfone groups is 1. The molecule has 0 spiro atoms. The molecule has 6 nitrogen and oxygen atoms in total. The monoisotopic (exact) mass is 449 g/mol. The number of aryl methyl sites for hydroxylation is 1. The largest absolute Gasteiger partial charge is 0.355 e. The maximum atomic E-state index is 12.2. The molecule has 0 bridgehead atoms. The number of anilines is 1. The molecule has 1 aromatic heterocycles. The number of amidine groups is 1. The molecule has 154 valence electrons. The minimum absolute atomic E-state index is 0.0182. The molecule has 0 radical (unpaired) electrons. The third-order valence-electron chi connectivity index (χ3n) is 5.03. The summed E-state index contributed by atoms with van der Waals surface area (Å²) in [5.74, 6) is 0.372. The summed E-state index contributed by atoms with van der Waals surface area (Å²) in [6, 6.07) is 9.67. The lowest BCUT2D eigenvalue weighted by Gasteiger charge is -2.08. The van der Waals surface area contributed by atoms with Crippen LogP contribution < -0.4 is 10.6 Å². The van der Waals surface area contributed by atoms with Crippen molar-refractivity contribution in [2.24, 2.45) is 4.99 Å². The Kier molecular flexibility index (Phi) is 5.98. The first-order chi connectivity index (χ1) is 13.9. The van der Waals surface area contributed by atoms with Crippen LogP contribution >= 0.6 is 23.1 Å². The molecule has 1 fully saturated rings. The van der Waals surface area contributed by atoms with Gasteiger partial charge in [0.1, 0.15) is 0 Å². The molecule has 2 aromatic rings. The van der Waals surface area contributed by atoms with Gasteiger partial charge in [-0.05, 0) is 48.1 Å². The average molecular weight is 450 g/mol. The number of amides is 1. The van der Waals surface area contributed by atoms with Crippen LogP contribution in [0.2, 0.25) is 0 Å². The lowest BCUT2D eigenvalue weighted by atomic mass is 10.1. The summed E-state index contributed by atoms with van der Waals surface area (Å²) < 4.78 is 23.3. The summed E-state index contributed by atoms with van der Waals surface area (Å²) in [6.45, 7) is 2.74. The quantitative estimate of drug-likeness (QED) is 0.708. The van der Waals surface area contributed by atoms with Gasteiger partial charge >= 0.3 is 0 Å². The standard InChI is InChI=1S/C20H23N3O3S3/c1-13-7-9-27-17(13)6-8-21-19(24)10-14-2-4-15(5-3-14)22-20-23-16-11-29(25,26)12-18(16)28-20/h2-5,7,9,16,18H,6,8,10-12H2,1H3,(H,21,24)(H,22,23)/t16-,18+/m0/s1. The second-order valence-electron chi connectivity index (χ2n) is 7.36. The van der Waals surface area contributed by atoms with Gasteiger partial charge in [0.15, 0.2) is 15.0 Å². The number of thioether (sulfide) groups is 1. The van der Waals surface area contributed by atoms with Crippen LogP contribution in [0.25, 0.3) is 0 Å². The second-order valence-corrected chi connectivity index (χ2v) is 11.7. The fourth-order valence-electron chi connectivity index (χ4n) is 3.47. The molecule has 1 saturated heterocycles. The molecule has 2 atom stereocenters. The van der Waals surface area contributed by atoms with E-state index in [0.717, 1.165) is 22.8 Å². The minimum Gasteiger partial charge on any atom is -0.355 e. The lowest BCUT2D eigenvalue weighted by Crippen LogP contribution is -2.27. The number of fused-ring (bicyclic) bond motifs is 1. The smallest absolute Gasteiger partial charge is 0.224 e. The lowest BCUT2D eigenvalue weighted by molar-refractivity contribution is -0.120. The van der Waals surface area contributed by atoms with E-state index in [0.29, 0.717) is 13.0 Å². The highest BCUT2D eigenvalue weighted by Crippen LogP contribution is 2.34. The number of rotatable bonds is 6. The predicted molar refractivity (Wildman–Crippen MR) is 121 cm³/mol. The van der Waals surface area contributed by atoms with E-state index < -0.39 is 9.84 Å². The van der Waals surface area contributed by atoms with Crippen LogP contribution in [-0.2, 0) is 27.5 Å². The van der Waals surface area contributed by atoms with Gasteiger partial charge in [-0.3, -0.25) is 9.79 Å². The van der Waals surface area contributed by atoms with E-state index in [4.69, 9.17) is 0 Å². The number of carbonyl (C=O) groups excluding carboxylic acids is 1. The van der Waals surface area contributed by atoms with Crippen molar-refractivity contribution in [2.45, 2.75) is 31.1 Å². The number of thiophene rings is 1. The molecule has 9 heteroatoms. The average Bonchev–Trinajstić information content (AvgIpc) is 3.29. The Morgan fingerprint density at radius 2 is 2.00 bits per heavy atom. The first-order valence-corrected chi connectivity index (χ1v) is 13.1. The number of carbonyl (C=O) groups is 1. The van der Waals surface area contributed by atoms with Crippen molar-refractivity contribution in [3.05, 3.63) is 51.7 Å². The Labute approximate surface area is 179 Å². The highest BCUT2D eigenvalue weighted by atomic mass is 32.2. The van der Waals surface area contributed by atoms with Crippen LogP contribution in [0.4, 0.5) is 5.69 Å². The first kappa shape index (κ1) is 20.4. The first-order valence-electron chi connectivity index (χ1n) is 9.48. The van der Waals surface area contributed by atoms with E-state index in [1.54, 1.807) is 11.3 Å². The summed E-state index contributed by atoms with van der Waals surface area (Å²) in [6.07, 6.45) is 1.21. The van der Waals surface area contributed by atoms with Crippen LogP contribution in [-0.4, -0.2) is 48.8 Å². The van der Waals surface area contributed by atoms with E-state index in [-0.39, 0.29) is 28.7 Å². The van der Waals surface area contributed by atoms with Crippen molar-refractivity contribution in [3.8, 4) is 0 Å². The molecule has 2 aliphatic heterocycles. The van der Waals surface area contributed by atoms with Gasteiger partial charge in [-0.2, -0.15) is 0 Å². The van der Waals surface area contributed by atoms with Crippen molar-refractivity contribution in [2.75, 3.05) is 23.4 Å². The summed E-state index contributed by atoms with van der Waals surface area (Å²) >= 11 is 3.22. The van der Waals surface area contributed by atoms with Crippen LogP contribution in [0.5, 0.6) is 0 Å². The Balaban J connectivity index is 1.24. The third kappa shape index (κ3) is 5.21. The van der Waals surface area contributed by atoms with Gasteiger partial charge in [0.2, 0.25) is 5.91 Å². The van der Waals surface area contributed by atoms with E-state index in [1.807, 2.05) is 24.3 Å². The van der Waals surface area contributed by atoms with Gasteiger partial charge < -0.3 is 10.6 Å². The van der Waals surface area contributed by atoms with Crippen molar-refractivity contribution in [3.63, 3.8) is 0 Å². The van der Waals surface area contributed by atoms with Crippen LogP contribution in [0.1, 0.15) is 16.0 Å². The molecular formula is C20H23N3O3S3. The summed E-state index contributed by atoms with van der Waals surface area (Å²) in [5.41, 5.74) is 3.11. The SMILES string of the molecule is Cc1ccsc1CCNC(=O)Cc1ccc(NC2=N[C@H]3CS(=O)(=O)C[C@H]3S2)cc1. The van der Waals surface area contributed by atoms with Gasteiger partial charge in [0.05, 0.1) is 24.0 Å². The zero-order valence-corrected chi connectivity index (χ0v) is 18.5. The van der Waals surface area contributed by atoms with Gasteiger partial charge in [-0.25, -0.2) is 8.42 Å². The summed E-state index contributed by atoms with van der Waals surface area (Å²) in [4.78, 5) is 18.0. The van der Waals surface area contributed by atoms with E-state index in [2.05, 4.69) is 34.0 Å². The molecule has 29 heavy (non-hydrogen) atoms. The van der Waals surface area contributed by atoms with E-state index in [9.17, 15) is 13.2 Å². The Morgan fingerprint density at radius 1 is 1.21 bits per heavy atom. The highest BCUT2D eigenvalue weighted by Gasteiger charge is 2.42. The van der Waals surface area contributed by atoms with Crippen molar-refractivity contribution >= 4 is 49.7 Å². The number of benzene rings is 1. The highest BCUT2D eigenvalue weighted by molar-refractivity contribution is 8.15. The van der Waals surface area contributed by atoms with Gasteiger partial charge in [-0.1, -0.05) is 23.9 Å². The zero-order chi connectivity index (χ0) is 20.4. The molecule has 2 N–H and O–H groups in total. The zero-order valence-electron chi connectivity index (χ0n) is 16.1. The molecule has 1 aromatic carbocycles. The molecule has 0 saturated carbocycles. The predicted octanol–water partition coefficient (Wildman–Crippen LogP) is 2.64. The van der Waals surface area contributed by atoms with Crippen LogP contribution in [0.15, 0.2) is 40.7 Å². The molecule has 2 aliphatic rings. The fourth-order valence-corrected chi connectivity index (χ4v) is 8.06. The van der Waals surface area contributed by atoms with Crippen molar-refractivity contribution in [1.29, 1.82) is 0 Å². The van der Waals surface area contributed by atoms with Gasteiger partial charge in [0, 0.05) is 22.4 Å². The van der Waals surface area contributed by atoms with Gasteiger partial charge in [0.25, 0.3) is 0 Å². The normalized spacial score (nSPS) is 22.2. The van der Waals surface area contributed by atoms with E-state index >= 15 is 0 Å². The maximum Gasteiger partial charge on any atom is 0.224 e. The minimum atomic E-state index is -2.93. The Morgan fingerprint density at radius 3 is 2.69 bits per heavy atom. The summed E-state index contributed by atoms with van der Waals surface area (Å²) in [5, 5.41) is 9.11. The fraction of sp³-hybridized carbons (Fsp3) is 0.400. The Bertz CT molecular complexity index is 1030.